The van der Waals surface area contributed by atoms with Crippen molar-refractivity contribution >= 4 is 11.6 Å². The van der Waals surface area contributed by atoms with Crippen LogP contribution in [0.4, 0.5) is 0 Å². The zero-order valence-electron chi connectivity index (χ0n) is 6.48. The summed E-state index contributed by atoms with van der Waals surface area (Å²) in [5.41, 5.74) is 0. The highest BCUT2D eigenvalue weighted by Gasteiger charge is 2.25. The summed E-state index contributed by atoms with van der Waals surface area (Å²) in [7, 11) is 0. The molecule has 0 bridgehead atoms. The van der Waals surface area contributed by atoms with Crippen molar-refractivity contribution in [2.24, 2.45) is 5.92 Å². The van der Waals surface area contributed by atoms with Crippen molar-refractivity contribution in [2.45, 2.75) is 32.3 Å². The predicted octanol–water partition coefficient (Wildman–Crippen LogP) is 2.43. The van der Waals surface area contributed by atoms with E-state index in [1.54, 1.807) is 0 Å². The second-order valence-corrected chi connectivity index (χ2v) is 3.21. The monoisotopic (exact) mass is 162 g/mol. The van der Waals surface area contributed by atoms with Gasteiger partial charge in [-0.15, -0.1) is 11.6 Å². The van der Waals surface area contributed by atoms with E-state index in [9.17, 15) is 0 Å². The summed E-state index contributed by atoms with van der Waals surface area (Å²) in [6, 6.07) is 0. The first-order chi connectivity index (χ1) is 4.88. The van der Waals surface area contributed by atoms with Crippen LogP contribution in [0.3, 0.4) is 0 Å². The molecule has 2 heteroatoms. The topological polar surface area (TPSA) is 9.23 Å². The van der Waals surface area contributed by atoms with Crippen LogP contribution in [-0.4, -0.2) is 18.6 Å². The van der Waals surface area contributed by atoms with Crippen molar-refractivity contribution in [3.63, 3.8) is 0 Å². The number of hydrogen-bond acceptors (Lipinski definition) is 1. The molecule has 0 amide bonds. The molecule has 10 heavy (non-hydrogen) atoms. The molecule has 1 heterocycles. The van der Waals surface area contributed by atoms with Crippen molar-refractivity contribution in [1.82, 2.24) is 0 Å². The van der Waals surface area contributed by atoms with Crippen LogP contribution in [0.25, 0.3) is 0 Å². The van der Waals surface area contributed by atoms with Crippen LogP contribution in [0.1, 0.15) is 26.2 Å². The van der Waals surface area contributed by atoms with E-state index in [4.69, 9.17) is 16.3 Å². The molecule has 1 fully saturated rings. The summed E-state index contributed by atoms with van der Waals surface area (Å²) in [5.74, 6) is 1.40. The molecule has 0 aromatic rings. The van der Waals surface area contributed by atoms with Crippen molar-refractivity contribution in [1.29, 1.82) is 0 Å². The van der Waals surface area contributed by atoms with E-state index in [1.165, 1.54) is 12.8 Å². The highest BCUT2D eigenvalue weighted by atomic mass is 35.5. The number of halogens is 1. The van der Waals surface area contributed by atoms with Crippen LogP contribution in [-0.2, 0) is 4.74 Å². The lowest BCUT2D eigenvalue weighted by Crippen LogP contribution is -2.16. The lowest BCUT2D eigenvalue weighted by Gasteiger charge is -2.14. The molecule has 0 aromatic carbocycles. The zero-order valence-corrected chi connectivity index (χ0v) is 7.23. The fraction of sp³-hybridized carbons (Fsp3) is 1.00. The maximum Gasteiger partial charge on any atom is 0.0615 e. The van der Waals surface area contributed by atoms with Crippen molar-refractivity contribution in [3.8, 4) is 0 Å². The highest BCUT2D eigenvalue weighted by Crippen LogP contribution is 2.25. The fourth-order valence-electron chi connectivity index (χ4n) is 1.47. The molecule has 1 saturated heterocycles. The van der Waals surface area contributed by atoms with Gasteiger partial charge in [-0.1, -0.05) is 13.3 Å². The SMILES string of the molecule is CCCC1OCCC1CCl. The molecule has 1 aliphatic heterocycles. The van der Waals surface area contributed by atoms with Gasteiger partial charge < -0.3 is 4.74 Å². The minimum Gasteiger partial charge on any atom is -0.378 e. The van der Waals surface area contributed by atoms with Gasteiger partial charge in [0.2, 0.25) is 0 Å². The molecule has 1 rings (SSSR count). The van der Waals surface area contributed by atoms with Crippen molar-refractivity contribution in [2.75, 3.05) is 12.5 Å². The average molecular weight is 163 g/mol. The molecule has 0 N–H and O–H groups in total. The lowest BCUT2D eigenvalue weighted by molar-refractivity contribution is 0.0871. The first-order valence-electron chi connectivity index (χ1n) is 4.06. The molecule has 1 nitrogen and oxygen atoms in total. The summed E-state index contributed by atoms with van der Waals surface area (Å²) in [6.07, 6.45) is 4.01. The van der Waals surface area contributed by atoms with Gasteiger partial charge in [0.1, 0.15) is 0 Å². The van der Waals surface area contributed by atoms with Crippen molar-refractivity contribution in [3.05, 3.63) is 0 Å². The summed E-state index contributed by atoms with van der Waals surface area (Å²) >= 11 is 5.76. The number of ether oxygens (including phenoxy) is 1. The van der Waals surface area contributed by atoms with Gasteiger partial charge in [0, 0.05) is 18.4 Å². The molecule has 2 unspecified atom stereocenters. The van der Waals surface area contributed by atoms with E-state index in [-0.39, 0.29) is 0 Å². The van der Waals surface area contributed by atoms with Crippen LogP contribution >= 0.6 is 11.6 Å². The molecule has 1 aliphatic rings. The lowest BCUT2D eigenvalue weighted by atomic mass is 10.0. The van der Waals surface area contributed by atoms with Gasteiger partial charge in [-0.05, 0) is 12.8 Å². The van der Waals surface area contributed by atoms with Crippen LogP contribution < -0.4 is 0 Å². The van der Waals surface area contributed by atoms with Crippen LogP contribution in [0.15, 0.2) is 0 Å². The van der Waals surface area contributed by atoms with E-state index >= 15 is 0 Å². The molecule has 0 radical (unpaired) electrons. The summed E-state index contributed by atoms with van der Waals surface area (Å²) in [5, 5.41) is 0. The maximum atomic E-state index is 5.76. The molecule has 0 aromatic heterocycles. The van der Waals surface area contributed by atoms with Gasteiger partial charge >= 0.3 is 0 Å². The summed E-state index contributed by atoms with van der Waals surface area (Å²) in [6.45, 7) is 3.11. The Hall–Kier alpha value is 0.250. The minimum absolute atomic E-state index is 0.461. The third-order valence-electron chi connectivity index (χ3n) is 2.12. The van der Waals surface area contributed by atoms with Crippen molar-refractivity contribution < 1.29 is 4.74 Å². The molecular formula is C8H15ClO. The third kappa shape index (κ3) is 1.86. The standard InChI is InChI=1S/C8H15ClO/c1-2-3-8-7(6-9)4-5-10-8/h7-8H,2-6H2,1H3. The quantitative estimate of drug-likeness (QED) is 0.580. The second-order valence-electron chi connectivity index (χ2n) is 2.90. The molecule has 60 valence electrons. The van der Waals surface area contributed by atoms with Gasteiger partial charge in [0.05, 0.1) is 6.10 Å². The van der Waals surface area contributed by atoms with E-state index in [2.05, 4.69) is 6.92 Å². The average Bonchev–Trinajstić information content (AvgIpc) is 2.36. The molecule has 0 aliphatic carbocycles. The Bertz CT molecular complexity index is 95.3. The first-order valence-corrected chi connectivity index (χ1v) is 4.59. The molecular weight excluding hydrogens is 148 g/mol. The first kappa shape index (κ1) is 8.35. The molecule has 0 spiro atoms. The smallest absolute Gasteiger partial charge is 0.0615 e. The normalized spacial score (nSPS) is 33.0. The Morgan fingerprint density at radius 3 is 3.00 bits per heavy atom. The molecule has 2 atom stereocenters. The summed E-state index contributed by atoms with van der Waals surface area (Å²) in [4.78, 5) is 0. The minimum atomic E-state index is 0.461. The number of hydrogen-bond donors (Lipinski definition) is 0. The third-order valence-corrected chi connectivity index (χ3v) is 2.51. The van der Waals surface area contributed by atoms with E-state index in [0.717, 1.165) is 18.9 Å². The summed E-state index contributed by atoms with van der Waals surface area (Å²) < 4.78 is 5.51. The van der Waals surface area contributed by atoms with E-state index < -0.39 is 0 Å². The largest absolute Gasteiger partial charge is 0.378 e. The zero-order chi connectivity index (χ0) is 7.40. The van der Waals surface area contributed by atoms with Gasteiger partial charge in [-0.2, -0.15) is 0 Å². The van der Waals surface area contributed by atoms with Gasteiger partial charge in [-0.25, -0.2) is 0 Å². The van der Waals surface area contributed by atoms with Crippen LogP contribution in [0, 0.1) is 5.92 Å². The number of rotatable bonds is 3. The van der Waals surface area contributed by atoms with Gasteiger partial charge in [0.15, 0.2) is 0 Å². The van der Waals surface area contributed by atoms with Crippen LogP contribution in [0.5, 0.6) is 0 Å². The second kappa shape index (κ2) is 4.20. The Morgan fingerprint density at radius 1 is 1.60 bits per heavy atom. The Balaban J connectivity index is 2.27. The Morgan fingerprint density at radius 2 is 2.40 bits per heavy atom. The highest BCUT2D eigenvalue weighted by molar-refractivity contribution is 6.18. The maximum absolute atomic E-state index is 5.76. The van der Waals surface area contributed by atoms with E-state index in [1.807, 2.05) is 0 Å². The van der Waals surface area contributed by atoms with Crippen LogP contribution in [0.2, 0.25) is 0 Å². The Kier molecular flexibility index (Phi) is 3.50. The van der Waals surface area contributed by atoms with Gasteiger partial charge in [0.25, 0.3) is 0 Å². The van der Waals surface area contributed by atoms with Gasteiger partial charge in [-0.3, -0.25) is 0 Å². The van der Waals surface area contributed by atoms with E-state index in [0.29, 0.717) is 12.0 Å². The molecule has 0 saturated carbocycles. The predicted molar refractivity (Wildman–Crippen MR) is 43.5 cm³/mol. The number of alkyl halides is 1. The fourth-order valence-corrected chi connectivity index (χ4v) is 1.83. The Labute approximate surface area is 67.7 Å².